The number of hydrogen-bond acceptors (Lipinski definition) is 3. The van der Waals surface area contributed by atoms with Gasteiger partial charge in [0.25, 0.3) is 0 Å². The molecular formula is C12H11BrN2O2. The number of nitrogens with zero attached hydrogens (tertiary/aromatic N) is 2. The van der Waals surface area contributed by atoms with Gasteiger partial charge in [-0.2, -0.15) is 5.01 Å². The lowest BCUT2D eigenvalue weighted by atomic mass is 10.2. The van der Waals surface area contributed by atoms with Gasteiger partial charge in [0.2, 0.25) is 17.7 Å². The largest absolute Gasteiger partial charge is 0.419 e. The molecule has 0 bridgehead atoms. The van der Waals surface area contributed by atoms with Crippen LogP contribution in [0, 0.1) is 0 Å². The van der Waals surface area contributed by atoms with Crippen LogP contribution < -0.4 is 0 Å². The Morgan fingerprint density at radius 3 is 2.53 bits per heavy atom. The molecule has 0 N–H and O–H groups in total. The van der Waals surface area contributed by atoms with E-state index in [-0.39, 0.29) is 5.91 Å². The number of carbonyl (C=O) groups excluding carboxylic acids is 1. The molecule has 1 heterocycles. The summed E-state index contributed by atoms with van der Waals surface area (Å²) in [4.78, 5) is 11.3. The van der Waals surface area contributed by atoms with Gasteiger partial charge in [-0.25, -0.2) is 0 Å². The van der Waals surface area contributed by atoms with Gasteiger partial charge in [0.15, 0.2) is 0 Å². The van der Waals surface area contributed by atoms with Crippen LogP contribution in [0.25, 0.3) is 0 Å². The van der Waals surface area contributed by atoms with Gasteiger partial charge in [0.05, 0.1) is 0 Å². The number of ether oxygens (including phenoxy) is 1. The zero-order chi connectivity index (χ0) is 12.4. The second-order valence-corrected chi connectivity index (χ2v) is 4.39. The molecule has 1 aromatic rings. The van der Waals surface area contributed by atoms with E-state index in [1.807, 2.05) is 24.3 Å². The number of halogens is 1. The average molecular weight is 295 g/mol. The molecule has 1 amide bonds. The number of carbonyl (C=O) groups is 1. The maximum absolute atomic E-state index is 11.3. The van der Waals surface area contributed by atoms with Crippen LogP contribution in [0.4, 0.5) is 0 Å². The van der Waals surface area contributed by atoms with Crippen LogP contribution >= 0.6 is 15.9 Å². The van der Waals surface area contributed by atoms with E-state index in [2.05, 4.69) is 21.0 Å². The van der Waals surface area contributed by atoms with Crippen molar-refractivity contribution in [2.45, 2.75) is 13.8 Å². The van der Waals surface area contributed by atoms with Gasteiger partial charge in [0, 0.05) is 17.0 Å². The Balaban J connectivity index is 2.32. The number of hydrazone groups is 1. The molecule has 4 nitrogen and oxygen atoms in total. The quantitative estimate of drug-likeness (QED) is 0.799. The summed E-state index contributed by atoms with van der Waals surface area (Å²) in [6, 6.07) is 7.54. The number of hydrogen-bond donors (Lipinski definition) is 0. The lowest BCUT2D eigenvalue weighted by Crippen LogP contribution is -2.18. The summed E-state index contributed by atoms with van der Waals surface area (Å²) in [7, 11) is 0. The van der Waals surface area contributed by atoms with Crippen molar-refractivity contribution in [2.24, 2.45) is 5.10 Å². The zero-order valence-electron chi connectivity index (χ0n) is 9.48. The summed E-state index contributed by atoms with van der Waals surface area (Å²) < 4.78 is 6.49. The molecule has 0 unspecified atom stereocenters. The van der Waals surface area contributed by atoms with Crippen molar-refractivity contribution in [2.75, 3.05) is 0 Å². The summed E-state index contributed by atoms with van der Waals surface area (Å²) in [5.41, 5.74) is 0.830. The Morgan fingerprint density at radius 1 is 1.41 bits per heavy atom. The van der Waals surface area contributed by atoms with E-state index in [4.69, 9.17) is 4.74 Å². The molecule has 0 aromatic heterocycles. The first kappa shape index (κ1) is 11.9. The second-order valence-electron chi connectivity index (χ2n) is 3.47. The van der Waals surface area contributed by atoms with E-state index in [0.29, 0.717) is 11.8 Å². The molecular weight excluding hydrogens is 284 g/mol. The molecule has 1 aromatic carbocycles. The van der Waals surface area contributed by atoms with Crippen molar-refractivity contribution in [1.82, 2.24) is 5.01 Å². The maximum atomic E-state index is 11.3. The van der Waals surface area contributed by atoms with Crippen molar-refractivity contribution in [3.63, 3.8) is 0 Å². The minimum Gasteiger partial charge on any atom is -0.419 e. The van der Waals surface area contributed by atoms with Crippen molar-refractivity contribution < 1.29 is 9.53 Å². The first-order valence-electron chi connectivity index (χ1n) is 5.11. The third kappa shape index (κ3) is 2.39. The average Bonchev–Trinajstić information content (AvgIpc) is 2.74. The highest BCUT2D eigenvalue weighted by atomic mass is 79.9. The van der Waals surface area contributed by atoms with Crippen molar-refractivity contribution in [3.05, 3.63) is 46.3 Å². The minimum absolute atomic E-state index is 0.176. The van der Waals surface area contributed by atoms with Gasteiger partial charge in [-0.3, -0.25) is 4.79 Å². The molecule has 17 heavy (non-hydrogen) atoms. The third-order valence-electron chi connectivity index (χ3n) is 2.24. The van der Waals surface area contributed by atoms with Crippen LogP contribution in [0.2, 0.25) is 0 Å². The fraction of sp³-hybridized carbons (Fsp3) is 0.167. The van der Waals surface area contributed by atoms with Gasteiger partial charge in [-0.1, -0.05) is 15.9 Å². The Kier molecular flexibility index (Phi) is 3.28. The van der Waals surface area contributed by atoms with E-state index < -0.39 is 0 Å². The van der Waals surface area contributed by atoms with Crippen LogP contribution in [-0.4, -0.2) is 16.8 Å². The Labute approximate surface area is 108 Å². The standard InChI is InChI=1S/C12H11BrN2O2/c1-3-11-15(8(2)16)14-12(17-11)9-4-6-10(13)7-5-9/h3-7H,1-2H3/b11-3+. The highest BCUT2D eigenvalue weighted by Gasteiger charge is 2.25. The predicted molar refractivity (Wildman–Crippen MR) is 68.0 cm³/mol. The molecule has 2 rings (SSSR count). The fourth-order valence-corrected chi connectivity index (χ4v) is 1.68. The van der Waals surface area contributed by atoms with Gasteiger partial charge in [-0.05, 0) is 37.3 Å². The van der Waals surface area contributed by atoms with E-state index in [1.54, 1.807) is 13.0 Å². The summed E-state index contributed by atoms with van der Waals surface area (Å²) in [5, 5.41) is 5.38. The molecule has 0 saturated heterocycles. The molecule has 0 spiro atoms. The van der Waals surface area contributed by atoms with Gasteiger partial charge >= 0.3 is 0 Å². The van der Waals surface area contributed by atoms with Crippen LogP contribution in [0.15, 0.2) is 45.8 Å². The normalized spacial score (nSPS) is 17.0. The van der Waals surface area contributed by atoms with Crippen LogP contribution in [0.3, 0.4) is 0 Å². The molecule has 0 saturated carbocycles. The van der Waals surface area contributed by atoms with E-state index in [9.17, 15) is 4.79 Å². The zero-order valence-corrected chi connectivity index (χ0v) is 11.1. The van der Waals surface area contributed by atoms with Crippen molar-refractivity contribution in [1.29, 1.82) is 0 Å². The molecule has 5 heteroatoms. The van der Waals surface area contributed by atoms with Crippen LogP contribution in [0.1, 0.15) is 19.4 Å². The van der Waals surface area contributed by atoms with Crippen molar-refractivity contribution >= 4 is 27.7 Å². The summed E-state index contributed by atoms with van der Waals surface area (Å²) >= 11 is 3.36. The Bertz CT molecular complexity index is 506. The smallest absolute Gasteiger partial charge is 0.247 e. The highest BCUT2D eigenvalue weighted by Crippen LogP contribution is 2.21. The van der Waals surface area contributed by atoms with E-state index in [1.165, 1.54) is 11.9 Å². The van der Waals surface area contributed by atoms with Gasteiger partial charge in [-0.15, -0.1) is 5.10 Å². The lowest BCUT2D eigenvalue weighted by Gasteiger charge is -2.07. The lowest BCUT2D eigenvalue weighted by molar-refractivity contribution is -0.127. The monoisotopic (exact) mass is 294 g/mol. The maximum Gasteiger partial charge on any atom is 0.247 e. The van der Waals surface area contributed by atoms with Gasteiger partial charge < -0.3 is 4.74 Å². The molecule has 0 fully saturated rings. The van der Waals surface area contributed by atoms with E-state index >= 15 is 0 Å². The first-order valence-corrected chi connectivity index (χ1v) is 5.90. The molecule has 1 aliphatic heterocycles. The fourth-order valence-electron chi connectivity index (χ4n) is 1.42. The number of amides is 1. The van der Waals surface area contributed by atoms with Crippen molar-refractivity contribution in [3.8, 4) is 0 Å². The Morgan fingerprint density at radius 2 is 2.06 bits per heavy atom. The summed E-state index contributed by atoms with van der Waals surface area (Å²) in [5.74, 6) is 0.696. The predicted octanol–water partition coefficient (Wildman–Crippen LogP) is 2.85. The third-order valence-corrected chi connectivity index (χ3v) is 2.77. The molecule has 0 aliphatic carbocycles. The highest BCUT2D eigenvalue weighted by molar-refractivity contribution is 9.10. The Hall–Kier alpha value is -1.62. The molecule has 0 radical (unpaired) electrons. The summed E-state index contributed by atoms with van der Waals surface area (Å²) in [6.07, 6.45) is 1.71. The van der Waals surface area contributed by atoms with Crippen LogP contribution in [-0.2, 0) is 9.53 Å². The van der Waals surface area contributed by atoms with E-state index in [0.717, 1.165) is 10.0 Å². The topological polar surface area (TPSA) is 41.9 Å². The van der Waals surface area contributed by atoms with Gasteiger partial charge in [0.1, 0.15) is 0 Å². The number of benzene rings is 1. The first-order chi connectivity index (χ1) is 8.11. The molecule has 1 aliphatic rings. The SMILES string of the molecule is C/C=C1/OC(c2ccc(Br)cc2)=NN1C(C)=O. The summed E-state index contributed by atoms with van der Waals surface area (Å²) in [6.45, 7) is 3.24. The molecule has 0 atom stereocenters. The number of allylic oxidation sites excluding steroid dienone is 1. The molecule has 88 valence electrons. The minimum atomic E-state index is -0.176. The second kappa shape index (κ2) is 4.71. The van der Waals surface area contributed by atoms with Crippen LogP contribution in [0.5, 0.6) is 0 Å². The number of rotatable bonds is 1.